The minimum atomic E-state index is -0.368. The molecule has 2 aliphatic carbocycles. The maximum atomic E-state index is 12.7. The second-order valence-corrected chi connectivity index (χ2v) is 7.18. The van der Waals surface area contributed by atoms with Gasteiger partial charge in [0.15, 0.2) is 5.13 Å². The van der Waals surface area contributed by atoms with Crippen LogP contribution in [0, 0.1) is 5.41 Å². The van der Waals surface area contributed by atoms with Gasteiger partial charge in [-0.1, -0.05) is 25.7 Å². The first kappa shape index (κ1) is 14.0. The van der Waals surface area contributed by atoms with E-state index in [-0.39, 0.29) is 11.3 Å². The van der Waals surface area contributed by atoms with Crippen LogP contribution < -0.4 is 11.1 Å². The van der Waals surface area contributed by atoms with Gasteiger partial charge >= 0.3 is 0 Å². The zero-order chi connectivity index (χ0) is 14.0. The number of rotatable bonds is 3. The van der Waals surface area contributed by atoms with Crippen molar-refractivity contribution >= 4 is 22.4 Å². The SMILES string of the molecule is NCC1(C(=O)Nc2nc3c(s2)CCC3)CCCCCC1. The van der Waals surface area contributed by atoms with Crippen molar-refractivity contribution in [1.29, 1.82) is 0 Å². The molecule has 0 bridgehead atoms. The number of aromatic nitrogens is 1. The van der Waals surface area contributed by atoms with E-state index in [1.54, 1.807) is 11.3 Å². The summed E-state index contributed by atoms with van der Waals surface area (Å²) >= 11 is 1.64. The first-order valence-electron chi connectivity index (χ1n) is 7.74. The summed E-state index contributed by atoms with van der Waals surface area (Å²) in [6.07, 6.45) is 9.88. The number of carbonyl (C=O) groups is 1. The smallest absolute Gasteiger partial charge is 0.233 e. The van der Waals surface area contributed by atoms with Crippen LogP contribution in [0.4, 0.5) is 5.13 Å². The molecular weight excluding hydrogens is 270 g/mol. The van der Waals surface area contributed by atoms with Gasteiger partial charge in [-0.3, -0.25) is 4.79 Å². The minimum Gasteiger partial charge on any atom is -0.329 e. The minimum absolute atomic E-state index is 0.0920. The zero-order valence-electron chi connectivity index (χ0n) is 11.9. The predicted octanol–water partition coefficient (Wildman–Crippen LogP) is 2.87. The molecule has 5 heteroatoms. The van der Waals surface area contributed by atoms with E-state index >= 15 is 0 Å². The molecule has 0 spiro atoms. The van der Waals surface area contributed by atoms with E-state index in [2.05, 4.69) is 10.3 Å². The van der Waals surface area contributed by atoms with Crippen LogP contribution in [0.15, 0.2) is 0 Å². The van der Waals surface area contributed by atoms with Crippen LogP contribution >= 0.6 is 11.3 Å². The molecule has 3 rings (SSSR count). The number of aryl methyl sites for hydroxylation is 2. The van der Waals surface area contributed by atoms with Gasteiger partial charge in [0.05, 0.1) is 11.1 Å². The van der Waals surface area contributed by atoms with Gasteiger partial charge in [0.1, 0.15) is 0 Å². The van der Waals surface area contributed by atoms with E-state index in [0.29, 0.717) is 6.54 Å². The summed E-state index contributed by atoms with van der Waals surface area (Å²) in [5, 5.41) is 3.82. The highest BCUT2D eigenvalue weighted by molar-refractivity contribution is 7.15. The second-order valence-electron chi connectivity index (χ2n) is 6.10. The number of amides is 1. The van der Waals surface area contributed by atoms with Crippen molar-refractivity contribution < 1.29 is 4.79 Å². The Morgan fingerprint density at radius 3 is 2.60 bits per heavy atom. The molecule has 110 valence electrons. The molecule has 0 saturated heterocycles. The van der Waals surface area contributed by atoms with Crippen molar-refractivity contribution in [3.63, 3.8) is 0 Å². The first-order chi connectivity index (χ1) is 9.73. The Bertz CT molecular complexity index is 468. The van der Waals surface area contributed by atoms with Crippen molar-refractivity contribution in [2.24, 2.45) is 11.1 Å². The molecule has 0 radical (unpaired) electrons. The quantitative estimate of drug-likeness (QED) is 0.842. The van der Waals surface area contributed by atoms with Gasteiger partial charge in [0, 0.05) is 11.4 Å². The second kappa shape index (κ2) is 5.82. The van der Waals surface area contributed by atoms with E-state index in [1.807, 2.05) is 0 Å². The summed E-state index contributed by atoms with van der Waals surface area (Å²) < 4.78 is 0. The molecule has 0 aromatic carbocycles. The van der Waals surface area contributed by atoms with E-state index in [1.165, 1.54) is 29.8 Å². The number of hydrogen-bond donors (Lipinski definition) is 2. The number of carbonyl (C=O) groups excluding carboxylic acids is 1. The van der Waals surface area contributed by atoms with Gasteiger partial charge in [-0.2, -0.15) is 0 Å². The summed E-state index contributed by atoms with van der Waals surface area (Å²) in [5.74, 6) is 0.0920. The summed E-state index contributed by atoms with van der Waals surface area (Å²) in [7, 11) is 0. The van der Waals surface area contributed by atoms with Crippen LogP contribution in [0.25, 0.3) is 0 Å². The van der Waals surface area contributed by atoms with Gasteiger partial charge < -0.3 is 11.1 Å². The van der Waals surface area contributed by atoms with Crippen molar-refractivity contribution in [3.05, 3.63) is 10.6 Å². The number of thiazole rings is 1. The number of anilines is 1. The van der Waals surface area contributed by atoms with Crippen LogP contribution in [0.5, 0.6) is 0 Å². The fourth-order valence-corrected chi connectivity index (χ4v) is 4.45. The topological polar surface area (TPSA) is 68.0 Å². The monoisotopic (exact) mass is 293 g/mol. The Labute approximate surface area is 124 Å². The van der Waals surface area contributed by atoms with E-state index < -0.39 is 0 Å². The van der Waals surface area contributed by atoms with Crippen LogP contribution in [0.3, 0.4) is 0 Å². The lowest BCUT2D eigenvalue weighted by molar-refractivity contribution is -0.125. The van der Waals surface area contributed by atoms with Crippen molar-refractivity contribution in [2.45, 2.75) is 57.8 Å². The largest absolute Gasteiger partial charge is 0.329 e. The standard InChI is InChI=1S/C15H23N3OS/c16-10-15(8-3-1-2-4-9-15)13(19)18-14-17-11-6-5-7-12(11)20-14/h1-10,16H2,(H,17,18,19). The Balaban J connectivity index is 1.72. The fourth-order valence-electron chi connectivity index (χ4n) is 3.40. The Morgan fingerprint density at radius 1 is 1.20 bits per heavy atom. The van der Waals surface area contributed by atoms with E-state index in [9.17, 15) is 4.79 Å². The number of fused-ring (bicyclic) bond motifs is 1. The summed E-state index contributed by atoms with van der Waals surface area (Å²) in [6, 6.07) is 0. The third kappa shape index (κ3) is 2.61. The highest BCUT2D eigenvalue weighted by Crippen LogP contribution is 2.37. The van der Waals surface area contributed by atoms with Gasteiger partial charge in [-0.05, 0) is 32.1 Å². The van der Waals surface area contributed by atoms with Crippen LogP contribution in [-0.2, 0) is 17.6 Å². The van der Waals surface area contributed by atoms with Crippen LogP contribution in [0.1, 0.15) is 55.5 Å². The average molecular weight is 293 g/mol. The lowest BCUT2D eigenvalue weighted by Gasteiger charge is -2.29. The normalized spacial score (nSPS) is 21.2. The molecule has 1 amide bonds. The van der Waals surface area contributed by atoms with E-state index in [0.717, 1.165) is 43.7 Å². The summed E-state index contributed by atoms with van der Waals surface area (Å²) in [5.41, 5.74) is 6.78. The predicted molar refractivity (Wildman–Crippen MR) is 82.0 cm³/mol. The lowest BCUT2D eigenvalue weighted by atomic mass is 9.79. The number of nitrogens with two attached hydrogens (primary N) is 1. The number of nitrogens with zero attached hydrogens (tertiary/aromatic N) is 1. The van der Waals surface area contributed by atoms with Gasteiger partial charge in [-0.25, -0.2) is 4.98 Å². The van der Waals surface area contributed by atoms with Crippen molar-refractivity contribution in [3.8, 4) is 0 Å². The molecular formula is C15H23N3OS. The molecule has 2 aliphatic rings. The number of nitrogens with one attached hydrogen (secondary N) is 1. The molecule has 1 saturated carbocycles. The Morgan fingerprint density at radius 2 is 1.95 bits per heavy atom. The molecule has 0 aliphatic heterocycles. The fraction of sp³-hybridized carbons (Fsp3) is 0.733. The molecule has 4 nitrogen and oxygen atoms in total. The average Bonchev–Trinajstić information content (AvgIpc) is 2.92. The summed E-state index contributed by atoms with van der Waals surface area (Å²) in [6.45, 7) is 0.448. The highest BCUT2D eigenvalue weighted by atomic mass is 32.1. The van der Waals surface area contributed by atoms with E-state index in [4.69, 9.17) is 5.73 Å². The molecule has 1 aromatic rings. The number of hydrogen-bond acceptors (Lipinski definition) is 4. The molecule has 0 atom stereocenters. The first-order valence-corrected chi connectivity index (χ1v) is 8.55. The molecule has 3 N–H and O–H groups in total. The Hall–Kier alpha value is -0.940. The lowest BCUT2D eigenvalue weighted by Crippen LogP contribution is -2.42. The third-order valence-corrected chi connectivity index (χ3v) is 5.82. The molecule has 1 heterocycles. The molecule has 1 aromatic heterocycles. The van der Waals surface area contributed by atoms with Crippen LogP contribution in [-0.4, -0.2) is 17.4 Å². The van der Waals surface area contributed by atoms with Gasteiger partial charge in [0.25, 0.3) is 0 Å². The Kier molecular flexibility index (Phi) is 4.08. The molecule has 1 fully saturated rings. The molecule has 20 heavy (non-hydrogen) atoms. The third-order valence-electron chi connectivity index (χ3n) is 4.75. The van der Waals surface area contributed by atoms with Crippen molar-refractivity contribution in [1.82, 2.24) is 4.98 Å². The van der Waals surface area contributed by atoms with Crippen molar-refractivity contribution in [2.75, 3.05) is 11.9 Å². The maximum absolute atomic E-state index is 12.7. The van der Waals surface area contributed by atoms with Gasteiger partial charge in [-0.15, -0.1) is 11.3 Å². The van der Waals surface area contributed by atoms with Gasteiger partial charge in [0.2, 0.25) is 5.91 Å². The summed E-state index contributed by atoms with van der Waals surface area (Å²) in [4.78, 5) is 18.6. The maximum Gasteiger partial charge on any atom is 0.233 e. The van der Waals surface area contributed by atoms with Crippen LogP contribution in [0.2, 0.25) is 0 Å². The molecule has 0 unspecified atom stereocenters. The highest BCUT2D eigenvalue weighted by Gasteiger charge is 2.37. The zero-order valence-corrected chi connectivity index (χ0v) is 12.7.